The molecule has 0 atom stereocenters. The number of halogens is 3. The summed E-state index contributed by atoms with van der Waals surface area (Å²) in [5.41, 5.74) is 0.554. The minimum absolute atomic E-state index is 0.554. The second kappa shape index (κ2) is 7.54. The van der Waals surface area contributed by atoms with Crippen LogP contribution in [0.5, 0.6) is 5.75 Å². The van der Waals surface area contributed by atoms with Crippen LogP contribution in [0.4, 0.5) is 5.69 Å². The molecule has 4 nitrogen and oxygen atoms in total. The molecule has 0 radical (unpaired) electrons. The molecule has 0 aromatic heterocycles. The van der Waals surface area contributed by atoms with Crippen molar-refractivity contribution in [1.29, 1.82) is 0 Å². The van der Waals surface area contributed by atoms with E-state index in [4.69, 9.17) is 39.5 Å². The molecular formula is C14H17Cl3N2O2. The number of nitrogens with one attached hydrogen (secondary N) is 1. The van der Waals surface area contributed by atoms with Crippen LogP contribution in [0.25, 0.3) is 0 Å². The number of hydrogen-bond donors (Lipinski definition) is 1. The van der Waals surface area contributed by atoms with Gasteiger partial charge in [0.25, 0.3) is 9.70 Å². The van der Waals surface area contributed by atoms with Gasteiger partial charge in [0.2, 0.25) is 0 Å². The van der Waals surface area contributed by atoms with Crippen LogP contribution in [-0.4, -0.2) is 40.8 Å². The predicted molar refractivity (Wildman–Crippen MR) is 86.5 cm³/mol. The number of ether oxygens (including phenoxy) is 1. The number of alkyl halides is 3. The third-order valence-corrected chi connectivity index (χ3v) is 3.76. The average Bonchev–Trinajstić information content (AvgIpc) is 2.93. The summed E-state index contributed by atoms with van der Waals surface area (Å²) in [6, 6.07) is 6.97. The average molecular weight is 352 g/mol. The number of carbonyl (C=O) groups is 1. The van der Waals surface area contributed by atoms with Crippen molar-refractivity contribution in [2.75, 3.05) is 31.6 Å². The quantitative estimate of drug-likeness (QED) is 0.826. The van der Waals surface area contributed by atoms with Crippen molar-refractivity contribution in [3.8, 4) is 5.75 Å². The zero-order valence-electron chi connectivity index (χ0n) is 11.4. The first-order valence-corrected chi connectivity index (χ1v) is 7.92. The molecule has 7 heteroatoms. The number of benzene rings is 1. The van der Waals surface area contributed by atoms with E-state index in [0.717, 1.165) is 25.4 Å². The highest BCUT2D eigenvalue weighted by Crippen LogP contribution is 2.28. The molecule has 0 saturated carbocycles. The van der Waals surface area contributed by atoms with Crippen LogP contribution < -0.4 is 10.1 Å². The maximum absolute atomic E-state index is 11.5. The van der Waals surface area contributed by atoms with Gasteiger partial charge in [-0.3, -0.25) is 9.69 Å². The standard InChI is InChI=1S/C14H17Cl3N2O2/c15-14(16,17)13(20)18-11-3-5-12(6-4-11)21-10-9-19-7-1-2-8-19/h3-6H,1-2,7-10H2,(H,18,20). The Kier molecular flexibility index (Phi) is 5.99. The fraction of sp³-hybridized carbons (Fsp3) is 0.500. The number of hydrogen-bond acceptors (Lipinski definition) is 3. The Morgan fingerprint density at radius 2 is 1.81 bits per heavy atom. The van der Waals surface area contributed by atoms with Crippen LogP contribution in [0, 0.1) is 0 Å². The van der Waals surface area contributed by atoms with Gasteiger partial charge in [0.1, 0.15) is 12.4 Å². The molecule has 1 heterocycles. The first-order chi connectivity index (χ1) is 9.95. The Bertz CT molecular complexity index is 468. The summed E-state index contributed by atoms with van der Waals surface area (Å²) in [5.74, 6) is 0.0660. The summed E-state index contributed by atoms with van der Waals surface area (Å²) in [7, 11) is 0. The maximum atomic E-state index is 11.5. The van der Waals surface area contributed by atoms with E-state index in [1.54, 1.807) is 24.3 Å². The van der Waals surface area contributed by atoms with Crippen LogP contribution in [0.2, 0.25) is 0 Å². The second-order valence-corrected chi connectivity index (χ2v) is 7.15. The molecule has 1 aromatic rings. The molecule has 2 rings (SSSR count). The summed E-state index contributed by atoms with van der Waals surface area (Å²) in [5, 5.41) is 2.51. The van der Waals surface area contributed by atoms with E-state index < -0.39 is 9.70 Å². The molecule has 0 unspecified atom stereocenters. The van der Waals surface area contributed by atoms with Crippen molar-refractivity contribution in [3.05, 3.63) is 24.3 Å². The van der Waals surface area contributed by atoms with Gasteiger partial charge in [0.15, 0.2) is 0 Å². The lowest BCUT2D eigenvalue weighted by atomic mass is 10.3. The van der Waals surface area contributed by atoms with Gasteiger partial charge in [-0.1, -0.05) is 34.8 Å². The predicted octanol–water partition coefficient (Wildman–Crippen LogP) is 3.47. The third kappa shape index (κ3) is 5.55. The van der Waals surface area contributed by atoms with E-state index in [9.17, 15) is 4.79 Å². The van der Waals surface area contributed by atoms with Crippen LogP contribution in [0.1, 0.15) is 12.8 Å². The maximum Gasteiger partial charge on any atom is 0.276 e. The van der Waals surface area contributed by atoms with Gasteiger partial charge in [-0.25, -0.2) is 0 Å². The minimum Gasteiger partial charge on any atom is -0.492 e. The lowest BCUT2D eigenvalue weighted by molar-refractivity contribution is -0.115. The highest BCUT2D eigenvalue weighted by atomic mass is 35.6. The van der Waals surface area contributed by atoms with Crippen molar-refractivity contribution >= 4 is 46.4 Å². The Morgan fingerprint density at radius 1 is 1.19 bits per heavy atom. The van der Waals surface area contributed by atoms with Gasteiger partial charge >= 0.3 is 0 Å². The molecule has 1 fully saturated rings. The molecule has 21 heavy (non-hydrogen) atoms. The van der Waals surface area contributed by atoms with Crippen LogP contribution >= 0.6 is 34.8 Å². The lowest BCUT2D eigenvalue weighted by Gasteiger charge is -2.15. The SMILES string of the molecule is O=C(Nc1ccc(OCCN2CCCC2)cc1)C(Cl)(Cl)Cl. The van der Waals surface area contributed by atoms with E-state index >= 15 is 0 Å². The number of carbonyl (C=O) groups excluding carboxylic acids is 1. The molecule has 1 amide bonds. The zero-order chi connectivity index (χ0) is 15.3. The number of anilines is 1. The van der Waals surface area contributed by atoms with Crippen LogP contribution in [-0.2, 0) is 4.79 Å². The van der Waals surface area contributed by atoms with E-state index in [0.29, 0.717) is 12.3 Å². The smallest absolute Gasteiger partial charge is 0.276 e. The Labute approximate surface area is 139 Å². The van der Waals surface area contributed by atoms with E-state index in [2.05, 4.69) is 10.2 Å². The van der Waals surface area contributed by atoms with Crippen molar-refractivity contribution in [2.24, 2.45) is 0 Å². The van der Waals surface area contributed by atoms with Gasteiger partial charge < -0.3 is 10.1 Å². The van der Waals surface area contributed by atoms with Gasteiger partial charge in [-0.05, 0) is 50.2 Å². The molecule has 0 spiro atoms. The monoisotopic (exact) mass is 350 g/mol. The highest BCUT2D eigenvalue weighted by molar-refractivity contribution is 6.76. The van der Waals surface area contributed by atoms with E-state index in [1.165, 1.54) is 12.8 Å². The molecular weight excluding hydrogens is 335 g/mol. The van der Waals surface area contributed by atoms with Gasteiger partial charge in [0.05, 0.1) is 0 Å². The van der Waals surface area contributed by atoms with Crippen molar-refractivity contribution < 1.29 is 9.53 Å². The molecule has 0 aliphatic carbocycles. The largest absolute Gasteiger partial charge is 0.492 e. The number of rotatable bonds is 5. The minimum atomic E-state index is -1.97. The molecule has 1 saturated heterocycles. The summed E-state index contributed by atoms with van der Waals surface area (Å²) in [6.45, 7) is 3.91. The molecule has 1 aliphatic heterocycles. The van der Waals surface area contributed by atoms with Crippen molar-refractivity contribution in [3.63, 3.8) is 0 Å². The number of amides is 1. The molecule has 0 bridgehead atoms. The Hall–Kier alpha value is -0.680. The summed E-state index contributed by atoms with van der Waals surface area (Å²) < 4.78 is 3.70. The first kappa shape index (κ1) is 16.7. The normalized spacial score (nSPS) is 16.0. The molecule has 116 valence electrons. The molecule has 1 aliphatic rings. The molecule has 1 aromatic carbocycles. The Morgan fingerprint density at radius 3 is 2.38 bits per heavy atom. The van der Waals surface area contributed by atoms with Crippen LogP contribution in [0.3, 0.4) is 0 Å². The van der Waals surface area contributed by atoms with Gasteiger partial charge in [-0.15, -0.1) is 0 Å². The Balaban J connectivity index is 1.77. The topological polar surface area (TPSA) is 41.6 Å². The van der Waals surface area contributed by atoms with Gasteiger partial charge in [0, 0.05) is 12.2 Å². The number of likely N-dealkylation sites (tertiary alicyclic amines) is 1. The summed E-state index contributed by atoms with van der Waals surface area (Å²) in [4.78, 5) is 13.9. The summed E-state index contributed by atoms with van der Waals surface area (Å²) >= 11 is 16.5. The third-order valence-electron chi connectivity index (χ3n) is 3.24. The van der Waals surface area contributed by atoms with Crippen molar-refractivity contribution in [2.45, 2.75) is 16.6 Å². The lowest BCUT2D eigenvalue weighted by Crippen LogP contribution is -2.26. The van der Waals surface area contributed by atoms with E-state index in [1.807, 2.05) is 0 Å². The first-order valence-electron chi connectivity index (χ1n) is 6.78. The second-order valence-electron chi connectivity index (χ2n) is 4.87. The fourth-order valence-corrected chi connectivity index (χ4v) is 2.28. The van der Waals surface area contributed by atoms with Crippen molar-refractivity contribution in [1.82, 2.24) is 4.90 Å². The zero-order valence-corrected chi connectivity index (χ0v) is 13.7. The highest BCUT2D eigenvalue weighted by Gasteiger charge is 2.30. The molecule has 1 N–H and O–H groups in total. The van der Waals surface area contributed by atoms with E-state index in [-0.39, 0.29) is 0 Å². The van der Waals surface area contributed by atoms with Crippen LogP contribution in [0.15, 0.2) is 24.3 Å². The fourth-order valence-electron chi connectivity index (χ4n) is 2.14. The van der Waals surface area contributed by atoms with Gasteiger partial charge in [-0.2, -0.15) is 0 Å². The number of nitrogens with zero attached hydrogens (tertiary/aromatic N) is 1. The summed E-state index contributed by atoms with van der Waals surface area (Å²) in [6.07, 6.45) is 2.55.